The molecule has 0 unspecified atom stereocenters. The van der Waals surface area contributed by atoms with Crippen molar-refractivity contribution in [1.29, 1.82) is 0 Å². The molecule has 1 amide bonds. The van der Waals surface area contributed by atoms with Crippen LogP contribution in [0.25, 0.3) is 0 Å². The van der Waals surface area contributed by atoms with Crippen molar-refractivity contribution in [2.24, 2.45) is 4.99 Å². The molecule has 7 heteroatoms. The summed E-state index contributed by atoms with van der Waals surface area (Å²) in [5.74, 6) is 0.789. The standard InChI is InChI=1S/C23H33N5O.HI/c1-24-23(26-16-19-9-11-20(12-10-19)17-27(2)3)25-14-13-18-7-6-8-21(15-18)22(29)28(4)5;/h6-12,15H,13-14,16-17H2,1-5H3,(H2,24,25,26);1H. The van der Waals surface area contributed by atoms with Crippen molar-refractivity contribution in [2.45, 2.75) is 19.5 Å². The van der Waals surface area contributed by atoms with Crippen LogP contribution in [0, 0.1) is 0 Å². The summed E-state index contributed by atoms with van der Waals surface area (Å²) in [6.45, 7) is 2.40. The maximum Gasteiger partial charge on any atom is 0.253 e. The lowest BCUT2D eigenvalue weighted by atomic mass is 10.1. The molecule has 2 aromatic carbocycles. The lowest BCUT2D eigenvalue weighted by Crippen LogP contribution is -2.37. The van der Waals surface area contributed by atoms with Crippen LogP contribution in [0.3, 0.4) is 0 Å². The van der Waals surface area contributed by atoms with Crippen molar-refractivity contribution in [3.05, 3.63) is 70.8 Å². The molecule has 30 heavy (non-hydrogen) atoms. The van der Waals surface area contributed by atoms with Crippen LogP contribution in [-0.4, -0.2) is 63.4 Å². The van der Waals surface area contributed by atoms with Gasteiger partial charge in [0, 0.05) is 46.3 Å². The predicted octanol–water partition coefficient (Wildman–Crippen LogP) is 2.98. The van der Waals surface area contributed by atoms with Gasteiger partial charge >= 0.3 is 0 Å². The van der Waals surface area contributed by atoms with Crippen LogP contribution in [0.4, 0.5) is 0 Å². The third-order valence-electron chi connectivity index (χ3n) is 4.49. The molecule has 0 spiro atoms. The number of carbonyl (C=O) groups excluding carboxylic acids is 1. The zero-order valence-corrected chi connectivity index (χ0v) is 20.9. The van der Waals surface area contributed by atoms with Gasteiger partial charge in [-0.2, -0.15) is 0 Å². The second-order valence-electron chi connectivity index (χ2n) is 7.56. The van der Waals surface area contributed by atoms with Crippen molar-refractivity contribution < 1.29 is 4.79 Å². The average molecular weight is 523 g/mol. The first kappa shape index (κ1) is 25.9. The van der Waals surface area contributed by atoms with Crippen molar-refractivity contribution in [3.63, 3.8) is 0 Å². The van der Waals surface area contributed by atoms with E-state index in [-0.39, 0.29) is 29.9 Å². The molecule has 164 valence electrons. The number of carbonyl (C=O) groups is 1. The number of benzene rings is 2. The topological polar surface area (TPSA) is 60.0 Å². The van der Waals surface area contributed by atoms with Gasteiger partial charge in [0.1, 0.15) is 0 Å². The lowest BCUT2D eigenvalue weighted by Gasteiger charge is -2.14. The van der Waals surface area contributed by atoms with Gasteiger partial charge in [-0.25, -0.2) is 0 Å². The fraction of sp³-hybridized carbons (Fsp3) is 0.391. The first-order valence-corrected chi connectivity index (χ1v) is 9.86. The highest BCUT2D eigenvalue weighted by molar-refractivity contribution is 14.0. The van der Waals surface area contributed by atoms with E-state index in [2.05, 4.69) is 58.9 Å². The number of nitrogens with one attached hydrogen (secondary N) is 2. The van der Waals surface area contributed by atoms with E-state index in [1.54, 1.807) is 26.0 Å². The molecule has 0 aliphatic heterocycles. The Hall–Kier alpha value is -2.13. The molecule has 0 fully saturated rings. The first-order valence-electron chi connectivity index (χ1n) is 9.86. The van der Waals surface area contributed by atoms with Crippen LogP contribution >= 0.6 is 24.0 Å². The molecular formula is C23H34IN5O. The van der Waals surface area contributed by atoms with E-state index in [9.17, 15) is 4.79 Å². The van der Waals surface area contributed by atoms with E-state index in [4.69, 9.17) is 0 Å². The quantitative estimate of drug-likeness (QED) is 0.318. The third-order valence-corrected chi connectivity index (χ3v) is 4.49. The molecule has 0 atom stereocenters. The SMILES string of the molecule is CN=C(NCCc1cccc(C(=O)N(C)C)c1)NCc1ccc(CN(C)C)cc1.I. The van der Waals surface area contributed by atoms with E-state index >= 15 is 0 Å². The summed E-state index contributed by atoms with van der Waals surface area (Å²) in [5.41, 5.74) is 4.35. The monoisotopic (exact) mass is 523 g/mol. The molecular weight excluding hydrogens is 489 g/mol. The van der Waals surface area contributed by atoms with Gasteiger partial charge < -0.3 is 20.4 Å². The maximum absolute atomic E-state index is 12.1. The van der Waals surface area contributed by atoms with Gasteiger partial charge in [-0.1, -0.05) is 36.4 Å². The van der Waals surface area contributed by atoms with Crippen molar-refractivity contribution in [2.75, 3.05) is 41.8 Å². The second kappa shape index (κ2) is 13.2. The van der Waals surface area contributed by atoms with Crippen LogP contribution < -0.4 is 10.6 Å². The second-order valence-corrected chi connectivity index (χ2v) is 7.56. The molecule has 2 aromatic rings. The predicted molar refractivity (Wildman–Crippen MR) is 136 cm³/mol. The van der Waals surface area contributed by atoms with Crippen LogP contribution in [0.2, 0.25) is 0 Å². The molecule has 6 nitrogen and oxygen atoms in total. The van der Waals surface area contributed by atoms with Gasteiger partial charge in [0.05, 0.1) is 0 Å². The number of hydrogen-bond donors (Lipinski definition) is 2. The Morgan fingerprint density at radius 1 is 0.933 bits per heavy atom. The largest absolute Gasteiger partial charge is 0.356 e. The molecule has 0 aliphatic carbocycles. The van der Waals surface area contributed by atoms with Crippen LogP contribution in [0.15, 0.2) is 53.5 Å². The summed E-state index contributed by atoms with van der Waals surface area (Å²) in [6, 6.07) is 16.4. The first-order chi connectivity index (χ1) is 13.9. The highest BCUT2D eigenvalue weighted by Gasteiger charge is 2.08. The van der Waals surface area contributed by atoms with Gasteiger partial charge in [0.2, 0.25) is 0 Å². The van der Waals surface area contributed by atoms with Crippen LogP contribution in [0.5, 0.6) is 0 Å². The molecule has 0 aromatic heterocycles. The normalized spacial score (nSPS) is 11.1. The zero-order valence-electron chi connectivity index (χ0n) is 18.6. The Morgan fingerprint density at radius 2 is 1.60 bits per heavy atom. The molecule has 0 aliphatic rings. The number of rotatable bonds is 8. The van der Waals surface area contributed by atoms with E-state index in [0.29, 0.717) is 5.56 Å². The van der Waals surface area contributed by atoms with Crippen molar-refractivity contribution in [3.8, 4) is 0 Å². The minimum absolute atomic E-state index is 0. The molecule has 0 radical (unpaired) electrons. The summed E-state index contributed by atoms with van der Waals surface area (Å²) in [5, 5.41) is 6.68. The highest BCUT2D eigenvalue weighted by Crippen LogP contribution is 2.08. The van der Waals surface area contributed by atoms with E-state index < -0.39 is 0 Å². The lowest BCUT2D eigenvalue weighted by molar-refractivity contribution is 0.0827. The molecule has 0 bridgehead atoms. The van der Waals surface area contributed by atoms with Gasteiger partial charge in [0.15, 0.2) is 5.96 Å². The maximum atomic E-state index is 12.1. The van der Waals surface area contributed by atoms with Gasteiger partial charge in [-0.05, 0) is 49.3 Å². The van der Waals surface area contributed by atoms with E-state index in [1.165, 1.54) is 11.1 Å². The van der Waals surface area contributed by atoms with Crippen molar-refractivity contribution in [1.82, 2.24) is 20.4 Å². The number of amides is 1. The number of halogens is 1. The summed E-state index contributed by atoms with van der Waals surface area (Å²) in [6.07, 6.45) is 0.814. The van der Waals surface area contributed by atoms with Gasteiger partial charge in [0.25, 0.3) is 5.91 Å². The number of nitrogens with zero attached hydrogens (tertiary/aromatic N) is 3. The summed E-state index contributed by atoms with van der Waals surface area (Å²) in [4.78, 5) is 20.1. The fourth-order valence-corrected chi connectivity index (χ4v) is 2.98. The Labute approximate surface area is 197 Å². The molecule has 0 saturated heterocycles. The molecule has 2 rings (SSSR count). The molecule has 0 saturated carbocycles. The fourth-order valence-electron chi connectivity index (χ4n) is 2.98. The van der Waals surface area contributed by atoms with E-state index in [1.807, 2.05) is 24.3 Å². The number of aliphatic imine (C=N–C) groups is 1. The third kappa shape index (κ3) is 8.71. The Balaban J connectivity index is 0.00000450. The smallest absolute Gasteiger partial charge is 0.253 e. The Bertz CT molecular complexity index is 819. The van der Waals surface area contributed by atoms with Gasteiger partial charge in [-0.3, -0.25) is 9.79 Å². The van der Waals surface area contributed by atoms with E-state index in [0.717, 1.165) is 37.6 Å². The highest BCUT2D eigenvalue weighted by atomic mass is 127. The Kier molecular flexibility index (Phi) is 11.4. The zero-order chi connectivity index (χ0) is 21.2. The molecule has 2 N–H and O–H groups in total. The van der Waals surface area contributed by atoms with Crippen LogP contribution in [-0.2, 0) is 19.5 Å². The molecule has 0 heterocycles. The summed E-state index contributed by atoms with van der Waals surface area (Å²) >= 11 is 0. The minimum atomic E-state index is 0. The number of hydrogen-bond acceptors (Lipinski definition) is 3. The van der Waals surface area contributed by atoms with Gasteiger partial charge in [-0.15, -0.1) is 24.0 Å². The average Bonchev–Trinajstić information content (AvgIpc) is 2.70. The summed E-state index contributed by atoms with van der Waals surface area (Å²) < 4.78 is 0. The summed E-state index contributed by atoms with van der Waals surface area (Å²) in [7, 11) is 9.44. The Morgan fingerprint density at radius 3 is 2.20 bits per heavy atom. The number of guanidine groups is 1. The van der Waals surface area contributed by atoms with Crippen LogP contribution in [0.1, 0.15) is 27.0 Å². The minimum Gasteiger partial charge on any atom is -0.356 e. The van der Waals surface area contributed by atoms with Crippen molar-refractivity contribution >= 4 is 35.8 Å².